The molecule has 20 heavy (non-hydrogen) atoms. The Morgan fingerprint density at radius 2 is 2.30 bits per heavy atom. The van der Waals surface area contributed by atoms with Crippen molar-refractivity contribution >= 4 is 10.0 Å². The SMILES string of the molecule is Cc1noc([C@H]2CCCN2S(=O)(=O)c2cccnc2)n1. The second-order valence-electron chi connectivity index (χ2n) is 4.64. The van der Waals surface area contributed by atoms with Crippen LogP contribution in [-0.2, 0) is 10.0 Å². The van der Waals surface area contributed by atoms with Gasteiger partial charge in [0.05, 0.1) is 0 Å². The smallest absolute Gasteiger partial charge is 0.245 e. The van der Waals surface area contributed by atoms with Gasteiger partial charge in [-0.3, -0.25) is 4.98 Å². The maximum absolute atomic E-state index is 12.6. The number of hydrogen-bond donors (Lipinski definition) is 0. The van der Waals surface area contributed by atoms with Crippen LogP contribution in [0.15, 0.2) is 33.9 Å². The summed E-state index contributed by atoms with van der Waals surface area (Å²) in [5, 5.41) is 3.73. The zero-order chi connectivity index (χ0) is 14.2. The lowest BCUT2D eigenvalue weighted by Gasteiger charge is -2.21. The van der Waals surface area contributed by atoms with Crippen LogP contribution in [0, 0.1) is 6.92 Å². The van der Waals surface area contributed by atoms with E-state index in [1.165, 1.54) is 16.6 Å². The molecular weight excluding hydrogens is 280 g/mol. The van der Waals surface area contributed by atoms with Gasteiger partial charge in [-0.15, -0.1) is 0 Å². The Hall–Kier alpha value is -1.80. The number of pyridine rings is 1. The van der Waals surface area contributed by atoms with E-state index in [4.69, 9.17) is 4.52 Å². The van der Waals surface area contributed by atoms with Gasteiger partial charge in [0.1, 0.15) is 10.9 Å². The minimum Gasteiger partial charge on any atom is -0.338 e. The predicted molar refractivity (Wildman–Crippen MR) is 69.1 cm³/mol. The quantitative estimate of drug-likeness (QED) is 0.847. The van der Waals surface area contributed by atoms with Crippen LogP contribution >= 0.6 is 0 Å². The molecule has 0 unspecified atom stereocenters. The summed E-state index contributed by atoms with van der Waals surface area (Å²) in [5.41, 5.74) is 0. The van der Waals surface area contributed by atoms with Crippen molar-refractivity contribution in [3.05, 3.63) is 36.2 Å². The van der Waals surface area contributed by atoms with Crippen molar-refractivity contribution in [3.63, 3.8) is 0 Å². The molecule has 1 aliphatic heterocycles. The van der Waals surface area contributed by atoms with Crippen molar-refractivity contribution in [2.45, 2.75) is 30.7 Å². The van der Waals surface area contributed by atoms with Crippen molar-refractivity contribution < 1.29 is 12.9 Å². The highest BCUT2D eigenvalue weighted by atomic mass is 32.2. The van der Waals surface area contributed by atoms with E-state index >= 15 is 0 Å². The normalized spacial score (nSPS) is 20.4. The Morgan fingerprint density at radius 3 is 2.95 bits per heavy atom. The van der Waals surface area contributed by atoms with Gasteiger partial charge in [-0.05, 0) is 31.9 Å². The van der Waals surface area contributed by atoms with E-state index in [9.17, 15) is 8.42 Å². The second kappa shape index (κ2) is 4.95. The molecule has 0 N–H and O–H groups in total. The minimum atomic E-state index is -3.58. The standard InChI is InChI=1S/C12H14N4O3S/c1-9-14-12(19-15-9)11-5-3-7-16(11)20(17,18)10-4-2-6-13-8-10/h2,4,6,8,11H,3,5,7H2,1H3/t11-/m1/s1. The highest BCUT2D eigenvalue weighted by Crippen LogP contribution is 2.35. The average molecular weight is 294 g/mol. The third-order valence-electron chi connectivity index (χ3n) is 3.27. The van der Waals surface area contributed by atoms with Crippen LogP contribution < -0.4 is 0 Å². The van der Waals surface area contributed by atoms with E-state index in [-0.39, 0.29) is 10.9 Å². The van der Waals surface area contributed by atoms with E-state index < -0.39 is 10.0 Å². The molecule has 1 atom stereocenters. The number of nitrogens with zero attached hydrogens (tertiary/aromatic N) is 4. The summed E-state index contributed by atoms with van der Waals surface area (Å²) in [5.74, 6) is 0.859. The Bertz CT molecular complexity index is 699. The maximum atomic E-state index is 12.6. The third kappa shape index (κ3) is 2.20. The summed E-state index contributed by atoms with van der Waals surface area (Å²) in [6, 6.07) is 2.76. The molecule has 1 saturated heterocycles. The number of aryl methyl sites for hydroxylation is 1. The number of hydrogen-bond acceptors (Lipinski definition) is 6. The van der Waals surface area contributed by atoms with Crippen LogP contribution in [0.3, 0.4) is 0 Å². The summed E-state index contributed by atoms with van der Waals surface area (Å²) >= 11 is 0. The molecule has 0 amide bonds. The number of sulfonamides is 1. The van der Waals surface area contributed by atoms with Crippen LogP contribution in [0.2, 0.25) is 0 Å². The highest BCUT2D eigenvalue weighted by Gasteiger charge is 2.39. The molecule has 0 aliphatic carbocycles. The van der Waals surface area contributed by atoms with Gasteiger partial charge in [0, 0.05) is 18.9 Å². The van der Waals surface area contributed by atoms with Crippen LogP contribution in [-0.4, -0.2) is 34.4 Å². The molecule has 0 bridgehead atoms. The summed E-state index contributed by atoms with van der Waals surface area (Å²) in [4.78, 5) is 8.20. The first-order valence-corrected chi connectivity index (χ1v) is 7.75. The average Bonchev–Trinajstić information content (AvgIpc) is 3.08. The summed E-state index contributed by atoms with van der Waals surface area (Å²) < 4.78 is 31.8. The second-order valence-corrected chi connectivity index (χ2v) is 6.53. The van der Waals surface area contributed by atoms with Crippen LogP contribution in [0.4, 0.5) is 0 Å². The van der Waals surface area contributed by atoms with Gasteiger partial charge in [-0.25, -0.2) is 8.42 Å². The van der Waals surface area contributed by atoms with Crippen molar-refractivity contribution in [3.8, 4) is 0 Å². The lowest BCUT2D eigenvalue weighted by molar-refractivity contribution is 0.289. The Kier molecular flexibility index (Phi) is 3.27. The molecule has 2 aromatic heterocycles. The van der Waals surface area contributed by atoms with Crippen molar-refractivity contribution in [2.24, 2.45) is 0 Å². The number of aromatic nitrogens is 3. The van der Waals surface area contributed by atoms with Crippen molar-refractivity contribution in [1.82, 2.24) is 19.4 Å². The van der Waals surface area contributed by atoms with E-state index in [0.717, 1.165) is 6.42 Å². The van der Waals surface area contributed by atoms with Gasteiger partial charge in [0.15, 0.2) is 5.82 Å². The van der Waals surface area contributed by atoms with E-state index in [0.29, 0.717) is 24.7 Å². The third-order valence-corrected chi connectivity index (χ3v) is 5.16. The van der Waals surface area contributed by atoms with Gasteiger partial charge in [-0.1, -0.05) is 5.16 Å². The lowest BCUT2D eigenvalue weighted by Crippen LogP contribution is -2.31. The fourth-order valence-electron chi connectivity index (χ4n) is 2.36. The molecule has 3 rings (SSSR count). The molecular formula is C12H14N4O3S. The largest absolute Gasteiger partial charge is 0.338 e. The minimum absolute atomic E-state index is 0.183. The van der Waals surface area contributed by atoms with Crippen molar-refractivity contribution in [1.29, 1.82) is 0 Å². The van der Waals surface area contributed by atoms with E-state index in [1.807, 2.05) is 0 Å². The first kappa shape index (κ1) is 13.2. The molecule has 1 fully saturated rings. The number of rotatable bonds is 3. The first-order valence-electron chi connectivity index (χ1n) is 6.31. The monoisotopic (exact) mass is 294 g/mol. The molecule has 7 nitrogen and oxygen atoms in total. The Morgan fingerprint density at radius 1 is 1.45 bits per heavy atom. The van der Waals surface area contributed by atoms with Crippen molar-refractivity contribution in [2.75, 3.05) is 6.54 Å². The Balaban J connectivity index is 1.97. The summed E-state index contributed by atoms with van der Waals surface area (Å²) in [7, 11) is -3.58. The summed E-state index contributed by atoms with van der Waals surface area (Å²) in [6.45, 7) is 2.16. The van der Waals surface area contributed by atoms with Gasteiger partial charge >= 0.3 is 0 Å². The van der Waals surface area contributed by atoms with Gasteiger partial charge in [-0.2, -0.15) is 9.29 Å². The zero-order valence-corrected chi connectivity index (χ0v) is 11.7. The molecule has 1 aliphatic rings. The molecule has 0 aromatic carbocycles. The summed E-state index contributed by atoms with van der Waals surface area (Å²) in [6.07, 6.45) is 4.35. The van der Waals surface area contributed by atoms with Crippen LogP contribution in [0.1, 0.15) is 30.6 Å². The van der Waals surface area contributed by atoms with E-state index in [1.54, 1.807) is 19.2 Å². The van der Waals surface area contributed by atoms with E-state index in [2.05, 4.69) is 15.1 Å². The molecule has 0 saturated carbocycles. The first-order chi connectivity index (χ1) is 9.59. The van der Waals surface area contributed by atoms with Gasteiger partial charge in [0.2, 0.25) is 15.9 Å². The Labute approximate surface area is 116 Å². The predicted octanol–water partition coefficient (Wildman–Crippen LogP) is 1.30. The molecule has 8 heteroatoms. The fraction of sp³-hybridized carbons (Fsp3) is 0.417. The van der Waals surface area contributed by atoms with Crippen LogP contribution in [0.25, 0.3) is 0 Å². The maximum Gasteiger partial charge on any atom is 0.245 e. The fourth-order valence-corrected chi connectivity index (χ4v) is 3.97. The van der Waals surface area contributed by atoms with Gasteiger partial charge in [0.25, 0.3) is 0 Å². The lowest BCUT2D eigenvalue weighted by atomic mass is 10.2. The molecule has 2 aromatic rings. The highest BCUT2D eigenvalue weighted by molar-refractivity contribution is 7.89. The van der Waals surface area contributed by atoms with Crippen LogP contribution in [0.5, 0.6) is 0 Å². The topological polar surface area (TPSA) is 89.2 Å². The molecule has 3 heterocycles. The molecule has 106 valence electrons. The molecule has 0 radical (unpaired) electrons. The molecule has 0 spiro atoms. The van der Waals surface area contributed by atoms with Gasteiger partial charge < -0.3 is 4.52 Å². The zero-order valence-electron chi connectivity index (χ0n) is 10.9.